The molecule has 0 bridgehead atoms. The quantitative estimate of drug-likeness (QED) is 0.688. The normalized spacial score (nSPS) is 15.4. The lowest BCUT2D eigenvalue weighted by Crippen LogP contribution is -2.42. The van der Waals surface area contributed by atoms with E-state index in [1.807, 2.05) is 18.2 Å². The van der Waals surface area contributed by atoms with Crippen LogP contribution in [-0.2, 0) is 11.2 Å². The Morgan fingerprint density at radius 2 is 2.09 bits per heavy atom. The fraction of sp³-hybridized carbons (Fsp3) is 0.526. The van der Waals surface area contributed by atoms with Crippen LogP contribution in [0.4, 0.5) is 5.69 Å². The van der Waals surface area contributed by atoms with E-state index in [-0.39, 0.29) is 0 Å². The molecular weight excluding hydrogens is 286 g/mol. The maximum absolute atomic E-state index is 10.6. The van der Waals surface area contributed by atoms with E-state index in [2.05, 4.69) is 35.1 Å². The Kier molecular flexibility index (Phi) is 7.14. The van der Waals surface area contributed by atoms with Gasteiger partial charge in [0.1, 0.15) is 0 Å². The van der Waals surface area contributed by atoms with Gasteiger partial charge in [-0.05, 0) is 43.9 Å². The maximum Gasteiger partial charge on any atom is 0.211 e. The van der Waals surface area contributed by atoms with Crippen LogP contribution in [0.3, 0.4) is 0 Å². The van der Waals surface area contributed by atoms with E-state index in [1.165, 1.54) is 30.5 Å². The Bertz CT molecular complexity index is 507. The molecule has 2 rings (SSSR count). The van der Waals surface area contributed by atoms with Gasteiger partial charge in [-0.1, -0.05) is 38.1 Å². The molecule has 2 N–H and O–H groups in total. The van der Waals surface area contributed by atoms with E-state index in [0.717, 1.165) is 44.6 Å². The fourth-order valence-corrected chi connectivity index (χ4v) is 3.20. The summed E-state index contributed by atoms with van der Waals surface area (Å²) in [6, 6.07) is 8.57. The summed E-state index contributed by atoms with van der Waals surface area (Å²) in [6.45, 7) is 9.56. The van der Waals surface area contributed by atoms with Crippen LogP contribution >= 0.6 is 0 Å². The molecule has 1 heterocycles. The van der Waals surface area contributed by atoms with Crippen molar-refractivity contribution >= 4 is 12.1 Å². The van der Waals surface area contributed by atoms with Crippen molar-refractivity contribution in [2.75, 3.05) is 25.0 Å². The van der Waals surface area contributed by atoms with E-state index in [1.54, 1.807) is 0 Å². The predicted octanol–water partition coefficient (Wildman–Crippen LogP) is 3.17. The molecule has 1 aromatic rings. The SMILES string of the molecule is C=C(CCC)N1CCC(NCCc2ccccc2NC=O)CC1. The van der Waals surface area contributed by atoms with Crippen LogP contribution < -0.4 is 10.6 Å². The zero-order valence-electron chi connectivity index (χ0n) is 14.2. The molecule has 1 aromatic carbocycles. The van der Waals surface area contributed by atoms with Gasteiger partial charge in [-0.25, -0.2) is 0 Å². The summed E-state index contributed by atoms with van der Waals surface area (Å²) in [6.07, 6.45) is 6.31. The number of allylic oxidation sites excluding steroid dienone is 1. The van der Waals surface area contributed by atoms with E-state index < -0.39 is 0 Å². The highest BCUT2D eigenvalue weighted by Crippen LogP contribution is 2.18. The van der Waals surface area contributed by atoms with Crippen molar-refractivity contribution in [3.8, 4) is 0 Å². The third-order valence-electron chi connectivity index (χ3n) is 4.54. The summed E-state index contributed by atoms with van der Waals surface area (Å²) in [4.78, 5) is 13.1. The van der Waals surface area contributed by atoms with Gasteiger partial charge >= 0.3 is 0 Å². The molecule has 1 aliphatic heterocycles. The molecule has 4 heteroatoms. The lowest BCUT2D eigenvalue weighted by Gasteiger charge is -2.35. The van der Waals surface area contributed by atoms with Crippen molar-refractivity contribution in [3.63, 3.8) is 0 Å². The van der Waals surface area contributed by atoms with Crippen LogP contribution in [-0.4, -0.2) is 37.0 Å². The maximum atomic E-state index is 10.6. The number of para-hydroxylation sites is 1. The summed E-state index contributed by atoms with van der Waals surface area (Å²) in [7, 11) is 0. The average molecular weight is 315 g/mol. The molecule has 0 spiro atoms. The van der Waals surface area contributed by atoms with Gasteiger partial charge in [0, 0.05) is 30.5 Å². The highest BCUT2D eigenvalue weighted by Gasteiger charge is 2.19. The number of carbonyl (C=O) groups is 1. The molecule has 23 heavy (non-hydrogen) atoms. The largest absolute Gasteiger partial charge is 0.375 e. The van der Waals surface area contributed by atoms with Crippen LogP contribution in [0.15, 0.2) is 36.5 Å². The minimum Gasteiger partial charge on any atom is -0.375 e. The number of rotatable bonds is 9. The zero-order chi connectivity index (χ0) is 16.5. The van der Waals surface area contributed by atoms with Crippen LogP contribution in [0.25, 0.3) is 0 Å². The number of likely N-dealkylation sites (tertiary alicyclic amines) is 1. The second-order valence-corrected chi connectivity index (χ2v) is 6.20. The van der Waals surface area contributed by atoms with Gasteiger partial charge in [0.25, 0.3) is 0 Å². The Labute approximate surface area is 140 Å². The van der Waals surface area contributed by atoms with Crippen molar-refractivity contribution < 1.29 is 4.79 Å². The van der Waals surface area contributed by atoms with Crippen molar-refractivity contribution in [1.82, 2.24) is 10.2 Å². The summed E-state index contributed by atoms with van der Waals surface area (Å²) in [5.41, 5.74) is 3.38. The monoisotopic (exact) mass is 315 g/mol. The van der Waals surface area contributed by atoms with Gasteiger partial charge in [0.05, 0.1) is 0 Å². The number of piperidine rings is 1. The second kappa shape index (κ2) is 9.36. The average Bonchev–Trinajstić information content (AvgIpc) is 2.57. The Morgan fingerprint density at radius 1 is 1.35 bits per heavy atom. The fourth-order valence-electron chi connectivity index (χ4n) is 3.20. The number of hydrogen-bond donors (Lipinski definition) is 2. The lowest BCUT2D eigenvalue weighted by molar-refractivity contribution is -0.105. The Morgan fingerprint density at radius 3 is 2.78 bits per heavy atom. The molecule has 1 saturated heterocycles. The first-order valence-electron chi connectivity index (χ1n) is 8.68. The van der Waals surface area contributed by atoms with Crippen molar-refractivity contribution in [2.45, 2.75) is 45.1 Å². The number of benzene rings is 1. The molecule has 1 amide bonds. The van der Waals surface area contributed by atoms with Gasteiger partial charge in [-0.15, -0.1) is 0 Å². The van der Waals surface area contributed by atoms with Gasteiger partial charge in [0.2, 0.25) is 6.41 Å². The number of anilines is 1. The molecule has 1 aliphatic rings. The first-order chi connectivity index (χ1) is 11.2. The molecule has 0 aromatic heterocycles. The Balaban J connectivity index is 1.72. The summed E-state index contributed by atoms with van der Waals surface area (Å²) >= 11 is 0. The van der Waals surface area contributed by atoms with Crippen LogP contribution in [0.2, 0.25) is 0 Å². The minimum absolute atomic E-state index is 0.590. The highest BCUT2D eigenvalue weighted by molar-refractivity contribution is 5.73. The molecule has 4 nitrogen and oxygen atoms in total. The number of hydrogen-bond acceptors (Lipinski definition) is 3. The van der Waals surface area contributed by atoms with E-state index in [0.29, 0.717) is 6.04 Å². The van der Waals surface area contributed by atoms with Crippen LogP contribution in [0.1, 0.15) is 38.2 Å². The third-order valence-corrected chi connectivity index (χ3v) is 4.54. The first kappa shape index (κ1) is 17.5. The lowest BCUT2D eigenvalue weighted by atomic mass is 10.0. The van der Waals surface area contributed by atoms with Gasteiger partial charge in [0.15, 0.2) is 0 Å². The summed E-state index contributed by atoms with van der Waals surface area (Å²) in [5.74, 6) is 0. The predicted molar refractivity (Wildman–Crippen MR) is 96.5 cm³/mol. The van der Waals surface area contributed by atoms with Gasteiger partial charge in [-0.2, -0.15) is 0 Å². The first-order valence-corrected chi connectivity index (χ1v) is 8.68. The molecule has 1 fully saturated rings. The van der Waals surface area contributed by atoms with E-state index >= 15 is 0 Å². The number of nitrogens with zero attached hydrogens (tertiary/aromatic N) is 1. The summed E-state index contributed by atoms with van der Waals surface area (Å²) in [5, 5.41) is 6.43. The number of amides is 1. The van der Waals surface area contributed by atoms with Crippen LogP contribution in [0.5, 0.6) is 0 Å². The second-order valence-electron chi connectivity index (χ2n) is 6.20. The number of carbonyl (C=O) groups excluding carboxylic acids is 1. The third kappa shape index (κ3) is 5.39. The minimum atomic E-state index is 0.590. The standard InChI is InChI=1S/C19H29N3O/c1-3-6-16(2)22-13-10-18(11-14-22)20-12-9-17-7-4-5-8-19(17)21-15-23/h4-5,7-8,15,18,20H,2-3,6,9-14H2,1H3,(H,21,23). The molecular formula is C19H29N3O. The highest BCUT2D eigenvalue weighted by atomic mass is 16.1. The molecule has 126 valence electrons. The molecule has 0 saturated carbocycles. The van der Waals surface area contributed by atoms with Crippen LogP contribution in [0, 0.1) is 0 Å². The van der Waals surface area contributed by atoms with E-state index in [9.17, 15) is 4.79 Å². The zero-order valence-corrected chi connectivity index (χ0v) is 14.2. The van der Waals surface area contributed by atoms with Crippen molar-refractivity contribution in [2.24, 2.45) is 0 Å². The molecule has 0 atom stereocenters. The molecule has 0 unspecified atom stereocenters. The van der Waals surface area contributed by atoms with E-state index in [4.69, 9.17) is 0 Å². The van der Waals surface area contributed by atoms with Crippen molar-refractivity contribution in [1.29, 1.82) is 0 Å². The van der Waals surface area contributed by atoms with Gasteiger partial charge in [-0.3, -0.25) is 4.79 Å². The van der Waals surface area contributed by atoms with Crippen molar-refractivity contribution in [3.05, 3.63) is 42.1 Å². The molecule has 0 aliphatic carbocycles. The topological polar surface area (TPSA) is 44.4 Å². The summed E-state index contributed by atoms with van der Waals surface area (Å²) < 4.78 is 0. The molecule has 0 radical (unpaired) electrons. The number of nitrogens with one attached hydrogen (secondary N) is 2. The Hall–Kier alpha value is -1.81. The van der Waals surface area contributed by atoms with Gasteiger partial charge < -0.3 is 15.5 Å². The smallest absolute Gasteiger partial charge is 0.211 e.